The Morgan fingerprint density at radius 3 is 2.55 bits per heavy atom. The van der Waals surface area contributed by atoms with Crippen molar-refractivity contribution in [2.45, 2.75) is 6.18 Å². The second-order valence-corrected chi connectivity index (χ2v) is 5.44. The number of carbonyl (C=O) groups excluding carboxylic acids is 1. The molecule has 0 unspecified atom stereocenters. The molecule has 0 fully saturated rings. The highest BCUT2D eigenvalue weighted by atomic mass is 32.1. The van der Waals surface area contributed by atoms with E-state index >= 15 is 0 Å². The number of nitrogens with two attached hydrogens (primary N) is 1. The first-order chi connectivity index (χ1) is 9.20. The van der Waals surface area contributed by atoms with Crippen LogP contribution in [0.5, 0.6) is 0 Å². The SMILES string of the molecule is CN(C)NC(=O)c1sc2ccc(C(F)(F)F)cc2c1N. The first-order valence-corrected chi connectivity index (χ1v) is 6.39. The van der Waals surface area contributed by atoms with Gasteiger partial charge in [0.15, 0.2) is 0 Å². The molecule has 0 saturated carbocycles. The Hall–Kier alpha value is -1.80. The van der Waals surface area contributed by atoms with Crippen LogP contribution in [0.2, 0.25) is 0 Å². The van der Waals surface area contributed by atoms with Crippen molar-refractivity contribution in [3.8, 4) is 0 Å². The van der Waals surface area contributed by atoms with Crippen LogP contribution in [0, 0.1) is 0 Å². The van der Waals surface area contributed by atoms with E-state index in [0.717, 1.165) is 23.5 Å². The lowest BCUT2D eigenvalue weighted by Gasteiger charge is -2.10. The Morgan fingerprint density at radius 1 is 1.35 bits per heavy atom. The van der Waals surface area contributed by atoms with Crippen LogP contribution >= 0.6 is 11.3 Å². The van der Waals surface area contributed by atoms with Crippen molar-refractivity contribution in [3.63, 3.8) is 0 Å². The zero-order valence-corrected chi connectivity index (χ0v) is 11.5. The summed E-state index contributed by atoms with van der Waals surface area (Å²) in [4.78, 5) is 12.1. The number of hydrazine groups is 1. The van der Waals surface area contributed by atoms with Crippen molar-refractivity contribution < 1.29 is 18.0 Å². The third kappa shape index (κ3) is 2.70. The molecule has 2 aromatic rings. The van der Waals surface area contributed by atoms with Crippen LogP contribution in [-0.4, -0.2) is 25.0 Å². The number of thiophene rings is 1. The first-order valence-electron chi connectivity index (χ1n) is 5.57. The molecule has 0 aliphatic heterocycles. The minimum atomic E-state index is -4.44. The number of amides is 1. The second-order valence-electron chi connectivity index (χ2n) is 4.39. The van der Waals surface area contributed by atoms with Gasteiger partial charge >= 0.3 is 6.18 Å². The number of nitrogens with one attached hydrogen (secondary N) is 1. The Bertz CT molecular complexity index is 664. The Labute approximate surface area is 116 Å². The van der Waals surface area contributed by atoms with Gasteiger partial charge in [-0.25, -0.2) is 5.01 Å². The number of fused-ring (bicyclic) bond motifs is 1. The van der Waals surface area contributed by atoms with Gasteiger partial charge in [-0.1, -0.05) is 0 Å². The molecule has 108 valence electrons. The summed E-state index contributed by atoms with van der Waals surface area (Å²) in [5.74, 6) is -0.442. The van der Waals surface area contributed by atoms with Crippen LogP contribution in [0.15, 0.2) is 18.2 Å². The van der Waals surface area contributed by atoms with Crippen molar-refractivity contribution in [3.05, 3.63) is 28.6 Å². The monoisotopic (exact) mass is 303 g/mol. The molecule has 8 heteroatoms. The Morgan fingerprint density at radius 2 is 2.00 bits per heavy atom. The highest BCUT2D eigenvalue weighted by molar-refractivity contribution is 7.21. The molecular weight excluding hydrogens is 291 g/mol. The highest BCUT2D eigenvalue weighted by Crippen LogP contribution is 2.38. The quantitative estimate of drug-likeness (QED) is 0.839. The fourth-order valence-electron chi connectivity index (χ4n) is 1.72. The van der Waals surface area contributed by atoms with Crippen molar-refractivity contribution in [2.24, 2.45) is 0 Å². The van der Waals surface area contributed by atoms with Crippen molar-refractivity contribution >= 4 is 33.0 Å². The van der Waals surface area contributed by atoms with Crippen molar-refractivity contribution in [1.82, 2.24) is 10.4 Å². The maximum atomic E-state index is 12.7. The van der Waals surface area contributed by atoms with E-state index in [0.29, 0.717) is 4.70 Å². The number of hydrogen-bond donors (Lipinski definition) is 2. The summed E-state index contributed by atoms with van der Waals surface area (Å²) in [6, 6.07) is 3.27. The molecule has 0 bridgehead atoms. The van der Waals surface area contributed by atoms with E-state index in [2.05, 4.69) is 5.43 Å². The molecule has 3 N–H and O–H groups in total. The topological polar surface area (TPSA) is 58.4 Å². The third-order valence-electron chi connectivity index (χ3n) is 2.59. The first kappa shape index (κ1) is 14.6. The summed E-state index contributed by atoms with van der Waals surface area (Å²) < 4.78 is 38.5. The number of carbonyl (C=O) groups is 1. The average molecular weight is 303 g/mol. The van der Waals surface area contributed by atoms with Gasteiger partial charge in [0.05, 0.1) is 11.3 Å². The summed E-state index contributed by atoms with van der Waals surface area (Å²) in [7, 11) is 3.26. The van der Waals surface area contributed by atoms with Crippen molar-refractivity contribution in [2.75, 3.05) is 19.8 Å². The summed E-state index contributed by atoms with van der Waals surface area (Å²) >= 11 is 1.06. The highest BCUT2D eigenvalue weighted by Gasteiger charge is 2.31. The van der Waals surface area contributed by atoms with Crippen LogP contribution in [-0.2, 0) is 6.18 Å². The summed E-state index contributed by atoms with van der Waals surface area (Å²) in [6.45, 7) is 0. The molecule has 0 atom stereocenters. The maximum absolute atomic E-state index is 12.7. The van der Waals surface area contributed by atoms with Crippen LogP contribution in [0.1, 0.15) is 15.2 Å². The lowest BCUT2D eigenvalue weighted by molar-refractivity contribution is -0.137. The van der Waals surface area contributed by atoms with Gasteiger partial charge in [-0.05, 0) is 18.2 Å². The van der Waals surface area contributed by atoms with Crippen LogP contribution in [0.3, 0.4) is 0 Å². The van der Waals surface area contributed by atoms with Gasteiger partial charge in [0.2, 0.25) is 0 Å². The number of alkyl halides is 3. The fraction of sp³-hybridized carbons (Fsp3) is 0.250. The van der Waals surface area contributed by atoms with E-state index in [1.54, 1.807) is 14.1 Å². The van der Waals surface area contributed by atoms with E-state index in [-0.39, 0.29) is 16.0 Å². The van der Waals surface area contributed by atoms with E-state index in [4.69, 9.17) is 5.73 Å². The number of halogens is 3. The molecule has 1 amide bonds. The molecule has 0 saturated heterocycles. The summed E-state index contributed by atoms with van der Waals surface area (Å²) in [5, 5.41) is 1.68. The van der Waals surface area contributed by atoms with Gasteiger partial charge in [-0.2, -0.15) is 13.2 Å². The van der Waals surface area contributed by atoms with E-state index < -0.39 is 17.6 Å². The third-order valence-corrected chi connectivity index (χ3v) is 3.77. The smallest absolute Gasteiger partial charge is 0.397 e. The molecular formula is C12H12F3N3OS. The van der Waals surface area contributed by atoms with Gasteiger partial charge in [-0.3, -0.25) is 10.2 Å². The largest absolute Gasteiger partial charge is 0.416 e. The maximum Gasteiger partial charge on any atom is 0.416 e. The molecule has 2 rings (SSSR count). The number of anilines is 1. The fourth-order valence-corrected chi connectivity index (χ4v) is 2.71. The summed E-state index contributed by atoms with van der Waals surface area (Å²) in [6.07, 6.45) is -4.44. The zero-order chi connectivity index (χ0) is 15.1. The van der Waals surface area contributed by atoms with E-state index in [9.17, 15) is 18.0 Å². The lowest BCUT2D eigenvalue weighted by Crippen LogP contribution is -2.35. The van der Waals surface area contributed by atoms with E-state index in [1.807, 2.05) is 0 Å². The molecule has 1 heterocycles. The molecule has 0 spiro atoms. The Balaban J connectivity index is 2.51. The number of rotatable bonds is 2. The molecule has 0 aliphatic carbocycles. The zero-order valence-electron chi connectivity index (χ0n) is 10.7. The Kier molecular flexibility index (Phi) is 3.61. The molecule has 0 aliphatic rings. The van der Waals surface area contributed by atoms with Crippen molar-refractivity contribution in [1.29, 1.82) is 0 Å². The molecule has 1 aromatic carbocycles. The predicted octanol–water partition coefficient (Wildman–Crippen LogP) is 2.71. The molecule has 20 heavy (non-hydrogen) atoms. The summed E-state index contributed by atoms with van der Waals surface area (Å²) in [5.41, 5.74) is 7.58. The van der Waals surface area contributed by atoms with Crippen LogP contribution in [0.25, 0.3) is 10.1 Å². The second kappa shape index (κ2) is 4.95. The van der Waals surface area contributed by atoms with Gasteiger partial charge in [0.1, 0.15) is 4.88 Å². The normalized spacial score (nSPS) is 12.1. The standard InChI is InChI=1S/C12H12F3N3OS/c1-18(2)17-11(19)10-9(16)7-5-6(12(13,14)15)3-4-8(7)20-10/h3-5H,16H2,1-2H3,(H,17,19). The van der Waals surface area contributed by atoms with Gasteiger partial charge in [0, 0.05) is 24.2 Å². The van der Waals surface area contributed by atoms with Gasteiger partial charge in [0.25, 0.3) is 5.91 Å². The van der Waals surface area contributed by atoms with Gasteiger partial charge < -0.3 is 5.73 Å². The number of hydrogen-bond acceptors (Lipinski definition) is 4. The molecule has 0 radical (unpaired) electrons. The van der Waals surface area contributed by atoms with Gasteiger partial charge in [-0.15, -0.1) is 11.3 Å². The predicted molar refractivity (Wildman–Crippen MR) is 72.4 cm³/mol. The number of nitrogen functional groups attached to an aromatic ring is 1. The lowest BCUT2D eigenvalue weighted by atomic mass is 10.1. The average Bonchev–Trinajstić information content (AvgIpc) is 2.64. The van der Waals surface area contributed by atoms with Crippen LogP contribution < -0.4 is 11.2 Å². The molecule has 1 aromatic heterocycles. The van der Waals surface area contributed by atoms with Crippen LogP contribution in [0.4, 0.5) is 18.9 Å². The van der Waals surface area contributed by atoms with E-state index in [1.165, 1.54) is 11.1 Å². The number of nitrogens with zero attached hydrogens (tertiary/aromatic N) is 1. The minimum Gasteiger partial charge on any atom is -0.397 e. The molecule has 4 nitrogen and oxygen atoms in total. The minimum absolute atomic E-state index is 0.0652. The number of benzene rings is 1.